The summed E-state index contributed by atoms with van der Waals surface area (Å²) in [6, 6.07) is 9.09. The van der Waals surface area contributed by atoms with Crippen molar-refractivity contribution in [1.29, 1.82) is 0 Å². The summed E-state index contributed by atoms with van der Waals surface area (Å²) < 4.78 is 0. The number of piperidine rings is 1. The molecule has 1 aliphatic rings. The summed E-state index contributed by atoms with van der Waals surface area (Å²) in [6.07, 6.45) is 4.85. The molecule has 1 N–H and O–H groups in total. The van der Waals surface area contributed by atoms with E-state index in [1.165, 1.54) is 17.5 Å². The van der Waals surface area contributed by atoms with Crippen molar-refractivity contribution in [2.75, 3.05) is 19.6 Å². The number of carbonyl (C=O) groups is 1. The van der Waals surface area contributed by atoms with Gasteiger partial charge >= 0.3 is 0 Å². The second-order valence-corrected chi connectivity index (χ2v) is 6.09. The third-order valence-electron chi connectivity index (χ3n) is 4.28. The van der Waals surface area contributed by atoms with Gasteiger partial charge in [-0.15, -0.1) is 0 Å². The third-order valence-corrected chi connectivity index (χ3v) is 4.28. The van der Waals surface area contributed by atoms with E-state index in [1.54, 1.807) is 0 Å². The highest BCUT2D eigenvalue weighted by molar-refractivity contribution is 5.76. The van der Waals surface area contributed by atoms with E-state index in [9.17, 15) is 4.79 Å². The van der Waals surface area contributed by atoms with Crippen molar-refractivity contribution in [3.05, 3.63) is 35.4 Å². The van der Waals surface area contributed by atoms with E-state index >= 15 is 0 Å². The van der Waals surface area contributed by atoms with E-state index in [1.807, 2.05) is 4.90 Å². The van der Waals surface area contributed by atoms with Gasteiger partial charge in [-0.3, -0.25) is 4.79 Å². The lowest BCUT2D eigenvalue weighted by Gasteiger charge is -2.32. The van der Waals surface area contributed by atoms with Crippen LogP contribution in [0.15, 0.2) is 24.3 Å². The van der Waals surface area contributed by atoms with Gasteiger partial charge in [0, 0.05) is 25.6 Å². The fourth-order valence-electron chi connectivity index (χ4n) is 2.85. The highest BCUT2D eigenvalue weighted by Gasteiger charge is 2.21. The number of aryl methyl sites for hydroxylation is 2. The summed E-state index contributed by atoms with van der Waals surface area (Å²) in [5, 5.41) is 3.56. The number of hydrogen-bond donors (Lipinski definition) is 1. The predicted molar refractivity (Wildman–Crippen MR) is 87.4 cm³/mol. The van der Waals surface area contributed by atoms with Crippen molar-refractivity contribution in [3.63, 3.8) is 0 Å². The van der Waals surface area contributed by atoms with Gasteiger partial charge in [-0.05, 0) is 44.7 Å². The molecule has 0 atom stereocenters. The van der Waals surface area contributed by atoms with Gasteiger partial charge in [-0.2, -0.15) is 0 Å². The van der Waals surface area contributed by atoms with Crippen LogP contribution in [-0.4, -0.2) is 36.5 Å². The molecule has 1 aliphatic heterocycles. The van der Waals surface area contributed by atoms with Crippen LogP contribution in [-0.2, 0) is 11.2 Å². The molecule has 1 amide bonds. The van der Waals surface area contributed by atoms with Crippen LogP contribution in [0.3, 0.4) is 0 Å². The molecule has 1 saturated heterocycles. The Kier molecular flexibility index (Phi) is 6.24. The van der Waals surface area contributed by atoms with Crippen molar-refractivity contribution < 1.29 is 4.79 Å². The topological polar surface area (TPSA) is 32.3 Å². The Morgan fingerprint density at radius 3 is 2.52 bits per heavy atom. The van der Waals surface area contributed by atoms with Gasteiger partial charge in [0.1, 0.15) is 0 Å². The van der Waals surface area contributed by atoms with Crippen molar-refractivity contribution in [1.82, 2.24) is 10.2 Å². The Morgan fingerprint density at radius 2 is 1.90 bits per heavy atom. The molecule has 2 rings (SSSR count). The van der Waals surface area contributed by atoms with E-state index in [0.29, 0.717) is 18.4 Å². The minimum atomic E-state index is 0.310. The zero-order valence-corrected chi connectivity index (χ0v) is 13.4. The second kappa shape index (κ2) is 8.18. The van der Waals surface area contributed by atoms with Crippen molar-refractivity contribution >= 4 is 5.91 Å². The molecule has 0 unspecified atom stereocenters. The van der Waals surface area contributed by atoms with Gasteiger partial charge in [0.25, 0.3) is 0 Å². The predicted octanol–water partition coefficient (Wildman–Crippen LogP) is 2.92. The molecule has 0 spiro atoms. The standard InChI is InChI=1S/C18H28N2O/c1-3-12-19-17-10-13-20(14-11-17)18(21)9-8-16-6-4-15(2)5-7-16/h4-7,17,19H,3,8-14H2,1-2H3. The highest BCUT2D eigenvalue weighted by atomic mass is 16.2. The third kappa shape index (κ3) is 5.16. The molecule has 0 saturated carbocycles. The Hall–Kier alpha value is -1.35. The van der Waals surface area contributed by atoms with Gasteiger partial charge in [0.05, 0.1) is 0 Å². The summed E-state index contributed by atoms with van der Waals surface area (Å²) in [4.78, 5) is 14.3. The van der Waals surface area contributed by atoms with E-state index < -0.39 is 0 Å². The quantitative estimate of drug-likeness (QED) is 0.873. The van der Waals surface area contributed by atoms with Crippen LogP contribution in [0.2, 0.25) is 0 Å². The van der Waals surface area contributed by atoms with Gasteiger partial charge in [0.2, 0.25) is 5.91 Å². The molecular weight excluding hydrogens is 260 g/mol. The lowest BCUT2D eigenvalue weighted by molar-refractivity contribution is -0.132. The minimum absolute atomic E-state index is 0.310. The van der Waals surface area contributed by atoms with Crippen LogP contribution in [0, 0.1) is 6.92 Å². The van der Waals surface area contributed by atoms with Gasteiger partial charge in [-0.25, -0.2) is 0 Å². The summed E-state index contributed by atoms with van der Waals surface area (Å²) in [7, 11) is 0. The van der Waals surface area contributed by atoms with E-state index in [4.69, 9.17) is 0 Å². The number of nitrogens with zero attached hydrogens (tertiary/aromatic N) is 1. The Balaban J connectivity index is 1.71. The first-order chi connectivity index (χ1) is 10.2. The summed E-state index contributed by atoms with van der Waals surface area (Å²) >= 11 is 0. The molecule has 0 bridgehead atoms. The number of carbonyl (C=O) groups excluding carboxylic acids is 1. The van der Waals surface area contributed by atoms with Gasteiger partial charge in [-0.1, -0.05) is 36.8 Å². The number of benzene rings is 1. The lowest BCUT2D eigenvalue weighted by atomic mass is 10.0. The summed E-state index contributed by atoms with van der Waals surface area (Å²) in [5.74, 6) is 0.310. The molecule has 1 aromatic rings. The highest BCUT2D eigenvalue weighted by Crippen LogP contribution is 2.13. The maximum Gasteiger partial charge on any atom is 0.222 e. The molecular formula is C18H28N2O. The SMILES string of the molecule is CCCNC1CCN(C(=O)CCc2ccc(C)cc2)CC1. The van der Waals surface area contributed by atoms with E-state index in [-0.39, 0.29) is 0 Å². The fraction of sp³-hybridized carbons (Fsp3) is 0.611. The molecule has 0 aromatic heterocycles. The maximum absolute atomic E-state index is 12.3. The van der Waals surface area contributed by atoms with Gasteiger partial charge < -0.3 is 10.2 Å². The average molecular weight is 288 g/mol. The smallest absolute Gasteiger partial charge is 0.222 e. The van der Waals surface area contributed by atoms with Crippen LogP contribution in [0.5, 0.6) is 0 Å². The molecule has 1 aromatic carbocycles. The van der Waals surface area contributed by atoms with Crippen molar-refractivity contribution in [2.24, 2.45) is 0 Å². The number of nitrogens with one attached hydrogen (secondary N) is 1. The monoisotopic (exact) mass is 288 g/mol. The fourth-order valence-corrected chi connectivity index (χ4v) is 2.85. The Morgan fingerprint density at radius 1 is 1.24 bits per heavy atom. The zero-order chi connectivity index (χ0) is 15.1. The molecule has 0 aliphatic carbocycles. The largest absolute Gasteiger partial charge is 0.343 e. The molecule has 116 valence electrons. The minimum Gasteiger partial charge on any atom is -0.343 e. The molecule has 21 heavy (non-hydrogen) atoms. The Labute approximate surface area is 128 Å². The van der Waals surface area contributed by atoms with Gasteiger partial charge in [0.15, 0.2) is 0 Å². The first-order valence-corrected chi connectivity index (χ1v) is 8.25. The molecule has 3 nitrogen and oxygen atoms in total. The van der Waals surface area contributed by atoms with Crippen LogP contribution >= 0.6 is 0 Å². The Bertz CT molecular complexity index is 433. The molecule has 0 radical (unpaired) electrons. The number of hydrogen-bond acceptors (Lipinski definition) is 2. The molecule has 1 heterocycles. The van der Waals surface area contributed by atoms with E-state index in [0.717, 1.165) is 38.9 Å². The van der Waals surface area contributed by atoms with Crippen LogP contribution in [0.4, 0.5) is 0 Å². The van der Waals surface area contributed by atoms with Crippen LogP contribution in [0.25, 0.3) is 0 Å². The van der Waals surface area contributed by atoms with Crippen LogP contribution < -0.4 is 5.32 Å². The number of amides is 1. The molecule has 1 fully saturated rings. The van der Waals surface area contributed by atoms with Crippen LogP contribution in [0.1, 0.15) is 43.7 Å². The molecule has 3 heteroatoms. The zero-order valence-electron chi connectivity index (χ0n) is 13.4. The normalized spacial score (nSPS) is 16.2. The van der Waals surface area contributed by atoms with Crippen molar-refractivity contribution in [3.8, 4) is 0 Å². The lowest BCUT2D eigenvalue weighted by Crippen LogP contribution is -2.45. The number of likely N-dealkylation sites (tertiary alicyclic amines) is 1. The first-order valence-electron chi connectivity index (χ1n) is 8.25. The number of rotatable bonds is 6. The first kappa shape index (κ1) is 16.0. The summed E-state index contributed by atoms with van der Waals surface area (Å²) in [5.41, 5.74) is 2.53. The maximum atomic E-state index is 12.3. The van der Waals surface area contributed by atoms with Crippen molar-refractivity contribution in [2.45, 2.75) is 52.0 Å². The second-order valence-electron chi connectivity index (χ2n) is 6.09. The average Bonchev–Trinajstić information content (AvgIpc) is 2.52. The van der Waals surface area contributed by atoms with E-state index in [2.05, 4.69) is 43.4 Å². The summed E-state index contributed by atoms with van der Waals surface area (Å²) in [6.45, 7) is 7.19.